The summed E-state index contributed by atoms with van der Waals surface area (Å²) in [5.41, 5.74) is 6.67. The summed E-state index contributed by atoms with van der Waals surface area (Å²) >= 11 is 0. The van der Waals surface area contributed by atoms with Crippen molar-refractivity contribution in [3.63, 3.8) is 0 Å². The topological polar surface area (TPSA) is 70.8 Å². The molecule has 1 aromatic rings. The first-order valence-electron chi connectivity index (χ1n) is 5.91. The molecule has 1 heterocycles. The van der Waals surface area contributed by atoms with E-state index in [9.17, 15) is 4.79 Å². The van der Waals surface area contributed by atoms with Gasteiger partial charge in [0.2, 0.25) is 0 Å². The molecular formula is C13H17NO4. The van der Waals surface area contributed by atoms with Gasteiger partial charge in [-0.2, -0.15) is 0 Å². The second-order valence-electron chi connectivity index (χ2n) is 4.12. The number of esters is 1. The van der Waals surface area contributed by atoms with Gasteiger partial charge in [-0.25, -0.2) is 0 Å². The lowest BCUT2D eigenvalue weighted by molar-refractivity contribution is -0.141. The summed E-state index contributed by atoms with van der Waals surface area (Å²) in [4.78, 5) is 11.3. The van der Waals surface area contributed by atoms with E-state index in [1.807, 2.05) is 18.2 Å². The summed E-state index contributed by atoms with van der Waals surface area (Å²) < 4.78 is 15.6. The van der Waals surface area contributed by atoms with Crippen LogP contribution in [0, 0.1) is 0 Å². The van der Waals surface area contributed by atoms with Crippen LogP contribution in [0.15, 0.2) is 18.2 Å². The van der Waals surface area contributed by atoms with Crippen LogP contribution in [-0.4, -0.2) is 32.8 Å². The van der Waals surface area contributed by atoms with Gasteiger partial charge in [-0.1, -0.05) is 6.07 Å². The maximum atomic E-state index is 11.3. The van der Waals surface area contributed by atoms with Gasteiger partial charge < -0.3 is 19.9 Å². The fraction of sp³-hybridized carbons (Fsp3) is 0.462. The van der Waals surface area contributed by atoms with Crippen LogP contribution in [0.2, 0.25) is 0 Å². The van der Waals surface area contributed by atoms with Gasteiger partial charge in [0.05, 0.1) is 13.5 Å². The Morgan fingerprint density at radius 1 is 1.39 bits per heavy atom. The number of hydrogen-bond acceptors (Lipinski definition) is 5. The monoisotopic (exact) mass is 251 g/mol. The Morgan fingerprint density at radius 2 is 2.11 bits per heavy atom. The van der Waals surface area contributed by atoms with Gasteiger partial charge in [0.1, 0.15) is 13.2 Å². The Kier molecular flexibility index (Phi) is 4.04. The standard InChI is InChI=1S/C13H17NO4/c1-16-13(15)7-10(8-14)9-2-3-11-12(6-9)18-5-4-17-11/h2-3,6,10H,4-5,7-8,14H2,1H3. The molecule has 0 bridgehead atoms. The summed E-state index contributed by atoms with van der Waals surface area (Å²) in [5.74, 6) is 1.12. The van der Waals surface area contributed by atoms with Crippen LogP contribution in [-0.2, 0) is 9.53 Å². The number of benzene rings is 1. The summed E-state index contributed by atoms with van der Waals surface area (Å²) in [6.45, 7) is 1.49. The molecule has 2 rings (SSSR count). The van der Waals surface area contributed by atoms with E-state index in [4.69, 9.17) is 15.2 Å². The van der Waals surface area contributed by atoms with Gasteiger partial charge in [0, 0.05) is 5.92 Å². The van der Waals surface area contributed by atoms with Crippen molar-refractivity contribution in [1.82, 2.24) is 0 Å². The van der Waals surface area contributed by atoms with E-state index in [0.717, 1.165) is 11.3 Å². The van der Waals surface area contributed by atoms with Crippen LogP contribution in [0.1, 0.15) is 17.9 Å². The zero-order valence-electron chi connectivity index (χ0n) is 10.3. The number of carbonyl (C=O) groups is 1. The quantitative estimate of drug-likeness (QED) is 0.810. The van der Waals surface area contributed by atoms with Crippen molar-refractivity contribution in [2.45, 2.75) is 12.3 Å². The largest absolute Gasteiger partial charge is 0.486 e. The molecule has 2 N–H and O–H groups in total. The number of ether oxygens (including phenoxy) is 3. The van der Waals surface area contributed by atoms with Crippen LogP contribution in [0.5, 0.6) is 11.5 Å². The fourth-order valence-electron chi connectivity index (χ4n) is 1.94. The molecule has 0 amide bonds. The van der Waals surface area contributed by atoms with Gasteiger partial charge in [0.25, 0.3) is 0 Å². The Labute approximate surface area is 106 Å². The SMILES string of the molecule is COC(=O)CC(CN)c1ccc2c(c1)OCCO2. The Hall–Kier alpha value is -1.75. The van der Waals surface area contributed by atoms with Crippen molar-refractivity contribution in [2.75, 3.05) is 26.9 Å². The van der Waals surface area contributed by atoms with Gasteiger partial charge in [-0.3, -0.25) is 4.79 Å². The van der Waals surface area contributed by atoms with E-state index in [0.29, 0.717) is 25.5 Å². The molecule has 0 fully saturated rings. The van der Waals surface area contributed by atoms with Crippen LogP contribution in [0.4, 0.5) is 0 Å². The predicted molar refractivity (Wildman–Crippen MR) is 65.9 cm³/mol. The lowest BCUT2D eigenvalue weighted by atomic mass is 9.95. The summed E-state index contributed by atoms with van der Waals surface area (Å²) in [6.07, 6.45) is 0.270. The van der Waals surface area contributed by atoms with Crippen LogP contribution in [0.3, 0.4) is 0 Å². The van der Waals surface area contributed by atoms with Crippen molar-refractivity contribution < 1.29 is 19.0 Å². The zero-order valence-corrected chi connectivity index (χ0v) is 10.3. The molecule has 5 nitrogen and oxygen atoms in total. The average molecular weight is 251 g/mol. The molecule has 0 saturated carbocycles. The third kappa shape index (κ3) is 2.73. The molecule has 98 valence electrons. The Balaban J connectivity index is 2.18. The number of fused-ring (bicyclic) bond motifs is 1. The molecule has 1 aliphatic rings. The zero-order chi connectivity index (χ0) is 13.0. The number of carbonyl (C=O) groups excluding carboxylic acids is 1. The van der Waals surface area contributed by atoms with Gasteiger partial charge in [0.15, 0.2) is 11.5 Å². The van der Waals surface area contributed by atoms with E-state index in [1.54, 1.807) is 0 Å². The third-order valence-corrected chi connectivity index (χ3v) is 2.96. The highest BCUT2D eigenvalue weighted by atomic mass is 16.6. The third-order valence-electron chi connectivity index (χ3n) is 2.96. The van der Waals surface area contributed by atoms with E-state index in [-0.39, 0.29) is 18.3 Å². The second kappa shape index (κ2) is 5.73. The Morgan fingerprint density at radius 3 is 2.78 bits per heavy atom. The predicted octanol–water partition coefficient (Wildman–Crippen LogP) is 1.06. The first-order valence-corrected chi connectivity index (χ1v) is 5.91. The molecule has 1 unspecified atom stereocenters. The number of hydrogen-bond donors (Lipinski definition) is 1. The molecule has 0 radical (unpaired) electrons. The van der Waals surface area contributed by atoms with E-state index in [1.165, 1.54) is 7.11 Å². The highest BCUT2D eigenvalue weighted by Gasteiger charge is 2.18. The molecule has 18 heavy (non-hydrogen) atoms. The highest BCUT2D eigenvalue weighted by molar-refractivity contribution is 5.70. The molecule has 0 saturated heterocycles. The minimum absolute atomic E-state index is 0.0618. The lowest BCUT2D eigenvalue weighted by Crippen LogP contribution is -2.19. The summed E-state index contributed by atoms with van der Waals surface area (Å²) in [5, 5.41) is 0. The molecular weight excluding hydrogens is 234 g/mol. The van der Waals surface area contributed by atoms with Crippen LogP contribution >= 0.6 is 0 Å². The first-order chi connectivity index (χ1) is 8.74. The van der Waals surface area contributed by atoms with Crippen LogP contribution in [0.25, 0.3) is 0 Å². The lowest BCUT2D eigenvalue weighted by Gasteiger charge is -2.21. The minimum atomic E-state index is -0.264. The normalized spacial score (nSPS) is 15.0. The van der Waals surface area contributed by atoms with Crippen molar-refractivity contribution >= 4 is 5.97 Å². The fourth-order valence-corrected chi connectivity index (χ4v) is 1.94. The maximum Gasteiger partial charge on any atom is 0.306 e. The van der Waals surface area contributed by atoms with Gasteiger partial charge in [-0.05, 0) is 24.2 Å². The second-order valence-corrected chi connectivity index (χ2v) is 4.12. The van der Waals surface area contributed by atoms with Crippen LogP contribution < -0.4 is 15.2 Å². The van der Waals surface area contributed by atoms with Crippen molar-refractivity contribution in [1.29, 1.82) is 0 Å². The first kappa shape index (κ1) is 12.7. The van der Waals surface area contributed by atoms with E-state index in [2.05, 4.69) is 4.74 Å². The molecule has 5 heteroatoms. The van der Waals surface area contributed by atoms with Crippen molar-refractivity contribution in [3.8, 4) is 11.5 Å². The van der Waals surface area contributed by atoms with Crippen molar-refractivity contribution in [2.24, 2.45) is 5.73 Å². The molecule has 1 aliphatic heterocycles. The molecule has 1 atom stereocenters. The van der Waals surface area contributed by atoms with Gasteiger partial charge in [-0.15, -0.1) is 0 Å². The number of rotatable bonds is 4. The van der Waals surface area contributed by atoms with Crippen molar-refractivity contribution in [3.05, 3.63) is 23.8 Å². The molecule has 0 aliphatic carbocycles. The average Bonchev–Trinajstić information content (AvgIpc) is 2.44. The number of methoxy groups -OCH3 is 1. The van der Waals surface area contributed by atoms with E-state index < -0.39 is 0 Å². The number of nitrogens with two attached hydrogens (primary N) is 1. The molecule has 1 aromatic carbocycles. The smallest absolute Gasteiger partial charge is 0.306 e. The molecule has 0 aromatic heterocycles. The Bertz CT molecular complexity index is 433. The maximum absolute atomic E-state index is 11.3. The summed E-state index contributed by atoms with van der Waals surface area (Å²) in [7, 11) is 1.37. The minimum Gasteiger partial charge on any atom is -0.486 e. The highest BCUT2D eigenvalue weighted by Crippen LogP contribution is 2.33. The molecule has 0 spiro atoms. The van der Waals surface area contributed by atoms with E-state index >= 15 is 0 Å². The summed E-state index contributed by atoms with van der Waals surface area (Å²) in [6, 6.07) is 5.65. The van der Waals surface area contributed by atoms with Gasteiger partial charge >= 0.3 is 5.97 Å².